The van der Waals surface area contributed by atoms with Gasteiger partial charge in [-0.25, -0.2) is 0 Å². The highest BCUT2D eigenvalue weighted by Gasteiger charge is 2.33. The number of likely N-dealkylation sites (N-methyl/N-ethyl adjacent to an activating group) is 1. The van der Waals surface area contributed by atoms with Crippen LogP contribution in [-0.2, 0) is 4.79 Å². The molecule has 0 bridgehead atoms. The lowest BCUT2D eigenvalue weighted by Crippen LogP contribution is -2.53. The van der Waals surface area contributed by atoms with E-state index in [2.05, 4.69) is 30.4 Å². The Hall–Kier alpha value is -2.06. The van der Waals surface area contributed by atoms with Crippen LogP contribution >= 0.6 is 0 Å². The first-order chi connectivity index (χ1) is 11.6. The molecule has 5 heteroatoms. The van der Waals surface area contributed by atoms with Gasteiger partial charge in [0.25, 0.3) is 5.91 Å². The van der Waals surface area contributed by atoms with Crippen LogP contribution in [0.2, 0.25) is 0 Å². The number of ether oxygens (including phenoxy) is 1. The van der Waals surface area contributed by atoms with Crippen molar-refractivity contribution in [3.8, 4) is 11.8 Å². The lowest BCUT2D eigenvalue weighted by atomic mass is 9.88. The molecular formula is C19H27N3O2. The fourth-order valence-electron chi connectivity index (χ4n) is 3.26. The van der Waals surface area contributed by atoms with Crippen molar-refractivity contribution in [1.29, 1.82) is 5.26 Å². The summed E-state index contributed by atoms with van der Waals surface area (Å²) in [5.74, 6) is 0.491. The van der Waals surface area contributed by atoms with Gasteiger partial charge in [0.2, 0.25) is 0 Å². The number of nitrogens with one attached hydrogen (secondary N) is 1. The maximum absolute atomic E-state index is 12.1. The topological polar surface area (TPSA) is 65.4 Å². The minimum atomic E-state index is -0.107. The Morgan fingerprint density at radius 2 is 1.83 bits per heavy atom. The van der Waals surface area contributed by atoms with Crippen molar-refractivity contribution in [2.45, 2.75) is 44.1 Å². The number of carbonyl (C=O) groups excluding carboxylic acids is 1. The Kier molecular flexibility index (Phi) is 6.62. The zero-order chi connectivity index (χ0) is 17.4. The molecule has 1 aliphatic rings. The van der Waals surface area contributed by atoms with E-state index in [-0.39, 0.29) is 18.1 Å². The third-order valence-electron chi connectivity index (χ3n) is 4.95. The van der Waals surface area contributed by atoms with Crippen LogP contribution in [0.4, 0.5) is 0 Å². The zero-order valence-electron chi connectivity index (χ0n) is 14.7. The van der Waals surface area contributed by atoms with Gasteiger partial charge >= 0.3 is 0 Å². The van der Waals surface area contributed by atoms with Crippen molar-refractivity contribution in [1.82, 2.24) is 10.2 Å². The molecule has 5 nitrogen and oxygen atoms in total. The Morgan fingerprint density at radius 3 is 2.38 bits per heavy atom. The van der Waals surface area contributed by atoms with E-state index in [9.17, 15) is 4.79 Å². The highest BCUT2D eigenvalue weighted by atomic mass is 16.5. The SMILES string of the molecule is CN(C)C1(CNC(=O)COc2ccc(C#N)cc2)CCCCCC1. The summed E-state index contributed by atoms with van der Waals surface area (Å²) >= 11 is 0. The average Bonchev–Trinajstić information content (AvgIpc) is 2.85. The van der Waals surface area contributed by atoms with Crippen LogP contribution < -0.4 is 10.1 Å². The Bertz CT molecular complexity index is 567. The minimum Gasteiger partial charge on any atom is -0.484 e. The van der Waals surface area contributed by atoms with Crippen molar-refractivity contribution in [2.75, 3.05) is 27.2 Å². The summed E-state index contributed by atoms with van der Waals surface area (Å²) in [4.78, 5) is 14.4. The van der Waals surface area contributed by atoms with Crippen molar-refractivity contribution in [3.63, 3.8) is 0 Å². The monoisotopic (exact) mass is 329 g/mol. The maximum Gasteiger partial charge on any atom is 0.258 e. The molecule has 1 aromatic carbocycles. The number of hydrogen-bond donors (Lipinski definition) is 1. The molecule has 2 rings (SSSR count). The van der Waals surface area contributed by atoms with Gasteiger partial charge in [0.1, 0.15) is 5.75 Å². The summed E-state index contributed by atoms with van der Waals surface area (Å²) in [5, 5.41) is 11.8. The molecule has 0 atom stereocenters. The first-order valence-corrected chi connectivity index (χ1v) is 8.63. The van der Waals surface area contributed by atoms with E-state index in [1.54, 1.807) is 24.3 Å². The molecule has 0 aliphatic heterocycles. The first kappa shape index (κ1) is 18.3. The molecule has 0 spiro atoms. The van der Waals surface area contributed by atoms with E-state index in [1.807, 2.05) is 0 Å². The van der Waals surface area contributed by atoms with Gasteiger partial charge in [0.15, 0.2) is 6.61 Å². The van der Waals surface area contributed by atoms with Gasteiger partial charge in [0.05, 0.1) is 11.6 Å². The maximum atomic E-state index is 12.1. The third kappa shape index (κ3) is 4.97. The molecule has 1 aliphatic carbocycles. The Labute approximate surface area is 144 Å². The molecule has 0 unspecified atom stereocenters. The number of nitriles is 1. The van der Waals surface area contributed by atoms with Gasteiger partial charge in [-0.3, -0.25) is 4.79 Å². The average molecular weight is 329 g/mol. The van der Waals surface area contributed by atoms with Crippen LogP contribution in [0.15, 0.2) is 24.3 Å². The molecule has 0 saturated heterocycles. The lowest BCUT2D eigenvalue weighted by Gasteiger charge is -2.39. The zero-order valence-corrected chi connectivity index (χ0v) is 14.7. The molecule has 130 valence electrons. The molecule has 1 aromatic rings. The summed E-state index contributed by atoms with van der Waals surface area (Å²) in [7, 11) is 4.20. The van der Waals surface area contributed by atoms with Gasteiger partial charge < -0.3 is 15.0 Å². The van der Waals surface area contributed by atoms with E-state index < -0.39 is 0 Å². The third-order valence-corrected chi connectivity index (χ3v) is 4.95. The molecule has 0 heterocycles. The molecule has 0 radical (unpaired) electrons. The second kappa shape index (κ2) is 8.70. The van der Waals surface area contributed by atoms with E-state index >= 15 is 0 Å². The standard InChI is InChI=1S/C19H27N3O2/c1-22(2)19(11-5-3-4-6-12-19)15-21-18(23)14-24-17-9-7-16(13-20)8-10-17/h7-10H,3-6,11-12,14-15H2,1-2H3,(H,21,23). The number of carbonyl (C=O) groups is 1. The van der Waals surface area contributed by atoms with Crippen LogP contribution in [0.1, 0.15) is 44.1 Å². The number of benzene rings is 1. The molecular weight excluding hydrogens is 302 g/mol. The van der Waals surface area contributed by atoms with E-state index in [0.717, 1.165) is 12.8 Å². The molecule has 1 amide bonds. The largest absolute Gasteiger partial charge is 0.484 e. The first-order valence-electron chi connectivity index (χ1n) is 8.63. The fourth-order valence-corrected chi connectivity index (χ4v) is 3.26. The highest BCUT2D eigenvalue weighted by Crippen LogP contribution is 2.30. The van der Waals surface area contributed by atoms with Crippen molar-refractivity contribution in [3.05, 3.63) is 29.8 Å². The number of amides is 1. The predicted octanol–water partition coefficient (Wildman–Crippen LogP) is 2.71. The van der Waals surface area contributed by atoms with Crippen LogP contribution in [0.25, 0.3) is 0 Å². The van der Waals surface area contributed by atoms with Crippen LogP contribution in [0, 0.1) is 11.3 Å². The summed E-state index contributed by atoms with van der Waals surface area (Å²) in [6.45, 7) is 0.658. The second-order valence-corrected chi connectivity index (χ2v) is 6.73. The molecule has 0 aromatic heterocycles. The summed E-state index contributed by atoms with van der Waals surface area (Å²) in [6.07, 6.45) is 7.25. The smallest absolute Gasteiger partial charge is 0.258 e. The van der Waals surface area contributed by atoms with Crippen molar-refractivity contribution < 1.29 is 9.53 Å². The highest BCUT2D eigenvalue weighted by molar-refractivity contribution is 5.77. The lowest BCUT2D eigenvalue weighted by molar-refractivity contribution is -0.123. The molecule has 24 heavy (non-hydrogen) atoms. The van der Waals surface area contributed by atoms with E-state index in [1.165, 1.54) is 25.7 Å². The molecule has 1 N–H and O–H groups in total. The van der Waals surface area contributed by atoms with E-state index in [0.29, 0.717) is 17.9 Å². The van der Waals surface area contributed by atoms with Gasteiger partial charge in [-0.15, -0.1) is 0 Å². The van der Waals surface area contributed by atoms with Gasteiger partial charge in [0, 0.05) is 12.1 Å². The predicted molar refractivity (Wildman–Crippen MR) is 93.8 cm³/mol. The van der Waals surface area contributed by atoms with E-state index in [4.69, 9.17) is 10.00 Å². The summed E-state index contributed by atoms with van der Waals surface area (Å²) in [6, 6.07) is 8.83. The summed E-state index contributed by atoms with van der Waals surface area (Å²) in [5.41, 5.74) is 0.633. The van der Waals surface area contributed by atoms with Gasteiger partial charge in [-0.1, -0.05) is 25.7 Å². The number of nitrogens with zero attached hydrogens (tertiary/aromatic N) is 2. The van der Waals surface area contributed by atoms with Gasteiger partial charge in [-0.05, 0) is 51.2 Å². The normalized spacial score (nSPS) is 16.9. The van der Waals surface area contributed by atoms with Crippen LogP contribution in [0.3, 0.4) is 0 Å². The van der Waals surface area contributed by atoms with Crippen LogP contribution in [0.5, 0.6) is 5.75 Å². The molecule has 1 fully saturated rings. The number of rotatable bonds is 6. The van der Waals surface area contributed by atoms with Gasteiger partial charge in [-0.2, -0.15) is 5.26 Å². The molecule has 1 saturated carbocycles. The van der Waals surface area contributed by atoms with Crippen LogP contribution in [-0.4, -0.2) is 43.6 Å². The Morgan fingerprint density at radius 1 is 1.21 bits per heavy atom. The minimum absolute atomic E-state index is 0.00455. The second-order valence-electron chi connectivity index (χ2n) is 6.73. The van der Waals surface area contributed by atoms with Crippen molar-refractivity contribution in [2.24, 2.45) is 0 Å². The summed E-state index contributed by atoms with van der Waals surface area (Å²) < 4.78 is 5.49. The number of hydrogen-bond acceptors (Lipinski definition) is 4. The fraction of sp³-hybridized carbons (Fsp3) is 0.579. The quantitative estimate of drug-likeness (QED) is 0.815. The Balaban J connectivity index is 1.83. The van der Waals surface area contributed by atoms with Crippen molar-refractivity contribution >= 4 is 5.91 Å².